The molecule has 0 saturated heterocycles. The summed E-state index contributed by atoms with van der Waals surface area (Å²) in [6, 6.07) is 5.53. The maximum Gasteiger partial charge on any atom is 0.240 e. The lowest BCUT2D eigenvalue weighted by Gasteiger charge is -2.20. The summed E-state index contributed by atoms with van der Waals surface area (Å²) in [7, 11) is -3.40. The van der Waals surface area contributed by atoms with Crippen LogP contribution in [0, 0.1) is 5.92 Å². The van der Waals surface area contributed by atoms with Crippen molar-refractivity contribution in [3.63, 3.8) is 0 Å². The summed E-state index contributed by atoms with van der Waals surface area (Å²) in [4.78, 5) is 0.379. The number of hydrogen-bond donors (Lipinski definition) is 2. The third-order valence-electron chi connectivity index (χ3n) is 4.50. The zero-order chi connectivity index (χ0) is 14.2. The van der Waals surface area contributed by atoms with Gasteiger partial charge in [-0.05, 0) is 49.3 Å². The first-order valence-corrected chi connectivity index (χ1v) is 8.94. The number of aryl methyl sites for hydroxylation is 1. The van der Waals surface area contributed by atoms with Gasteiger partial charge in [0.1, 0.15) is 0 Å². The number of sulfonamides is 1. The Morgan fingerprint density at radius 2 is 2.10 bits per heavy atom. The Hall–Kier alpha value is -1.07. The highest BCUT2D eigenvalue weighted by Gasteiger charge is 2.28. The molecular weight excluding hydrogens is 272 g/mol. The van der Waals surface area contributed by atoms with Crippen LogP contribution in [0.25, 0.3) is 0 Å². The summed E-state index contributed by atoms with van der Waals surface area (Å²) < 4.78 is 27.8. The second kappa shape index (κ2) is 5.37. The lowest BCUT2D eigenvalue weighted by molar-refractivity contribution is 0.476. The predicted molar refractivity (Wildman–Crippen MR) is 80.4 cm³/mol. The molecule has 0 amide bonds. The van der Waals surface area contributed by atoms with Crippen molar-refractivity contribution in [2.75, 3.05) is 11.9 Å². The van der Waals surface area contributed by atoms with Gasteiger partial charge < -0.3 is 5.32 Å². The average Bonchev–Trinajstić information content (AvgIpc) is 2.83. The lowest BCUT2D eigenvalue weighted by atomic mass is 10.0. The highest BCUT2D eigenvalue weighted by Crippen LogP contribution is 2.28. The van der Waals surface area contributed by atoms with Gasteiger partial charge in [0, 0.05) is 18.3 Å². The molecule has 3 rings (SSSR count). The molecule has 1 aliphatic carbocycles. The zero-order valence-electron chi connectivity index (χ0n) is 11.9. The summed E-state index contributed by atoms with van der Waals surface area (Å²) >= 11 is 0. The van der Waals surface area contributed by atoms with Crippen molar-refractivity contribution in [1.29, 1.82) is 0 Å². The lowest BCUT2D eigenvalue weighted by Crippen LogP contribution is -2.36. The van der Waals surface area contributed by atoms with E-state index in [2.05, 4.69) is 17.0 Å². The molecular formula is C15H22N2O2S. The SMILES string of the molecule is CC1CCCC1NS(=O)(=O)c1ccc2c(c1)NCCC2. The van der Waals surface area contributed by atoms with E-state index in [-0.39, 0.29) is 6.04 Å². The number of anilines is 1. The van der Waals surface area contributed by atoms with Crippen molar-refractivity contribution in [3.8, 4) is 0 Å². The molecule has 1 saturated carbocycles. The van der Waals surface area contributed by atoms with E-state index < -0.39 is 10.0 Å². The molecule has 0 spiro atoms. The number of rotatable bonds is 3. The topological polar surface area (TPSA) is 58.2 Å². The van der Waals surface area contributed by atoms with Gasteiger partial charge >= 0.3 is 0 Å². The van der Waals surface area contributed by atoms with Crippen molar-refractivity contribution in [2.24, 2.45) is 5.92 Å². The van der Waals surface area contributed by atoms with Crippen molar-refractivity contribution in [2.45, 2.75) is 50.0 Å². The summed E-state index contributed by atoms with van der Waals surface area (Å²) in [5.74, 6) is 0.431. The van der Waals surface area contributed by atoms with Crippen molar-refractivity contribution < 1.29 is 8.42 Å². The molecule has 20 heavy (non-hydrogen) atoms. The molecule has 2 N–H and O–H groups in total. The molecule has 0 aromatic heterocycles. The Bertz CT molecular complexity index is 598. The maximum atomic E-state index is 12.5. The largest absolute Gasteiger partial charge is 0.385 e. The van der Waals surface area contributed by atoms with Gasteiger partial charge in [0.15, 0.2) is 0 Å². The van der Waals surface area contributed by atoms with Gasteiger partial charge in [0.25, 0.3) is 0 Å². The summed E-state index contributed by atoms with van der Waals surface area (Å²) in [6.45, 7) is 3.04. The van der Waals surface area contributed by atoms with Crippen LogP contribution >= 0.6 is 0 Å². The van der Waals surface area contributed by atoms with Gasteiger partial charge in [0.2, 0.25) is 10.0 Å². The molecule has 110 valence electrons. The second-order valence-corrected chi connectivity index (χ2v) is 7.70. The minimum atomic E-state index is -3.40. The van der Waals surface area contributed by atoms with E-state index in [1.54, 1.807) is 12.1 Å². The molecule has 2 atom stereocenters. The summed E-state index contributed by atoms with van der Waals surface area (Å²) in [5, 5.41) is 3.29. The van der Waals surface area contributed by atoms with Crippen molar-refractivity contribution >= 4 is 15.7 Å². The van der Waals surface area contributed by atoms with Crippen LogP contribution in [-0.2, 0) is 16.4 Å². The van der Waals surface area contributed by atoms with E-state index >= 15 is 0 Å². The normalized spacial score (nSPS) is 26.1. The summed E-state index contributed by atoms with van der Waals surface area (Å²) in [5.41, 5.74) is 2.18. The standard InChI is InChI=1S/C15H22N2O2S/c1-11-4-2-6-14(11)17-20(18,19)13-8-7-12-5-3-9-16-15(12)10-13/h7-8,10-11,14,16-17H,2-6,9H2,1H3. The average molecular weight is 294 g/mol. The molecule has 1 aromatic carbocycles. The van der Waals surface area contributed by atoms with E-state index in [1.165, 1.54) is 5.56 Å². The molecule has 2 aliphatic rings. The first-order chi connectivity index (χ1) is 9.56. The Labute approximate surface area is 121 Å². The molecule has 1 heterocycles. The molecule has 1 aromatic rings. The van der Waals surface area contributed by atoms with Crippen molar-refractivity contribution in [1.82, 2.24) is 4.72 Å². The molecule has 0 bridgehead atoms. The minimum absolute atomic E-state index is 0.0870. The van der Waals surface area contributed by atoms with E-state index in [4.69, 9.17) is 0 Å². The Morgan fingerprint density at radius 3 is 2.85 bits per heavy atom. The summed E-state index contributed by atoms with van der Waals surface area (Å²) in [6.07, 6.45) is 5.30. The zero-order valence-corrected chi connectivity index (χ0v) is 12.7. The Morgan fingerprint density at radius 1 is 1.25 bits per heavy atom. The fraction of sp³-hybridized carbons (Fsp3) is 0.600. The van der Waals surface area contributed by atoms with Crippen LogP contribution < -0.4 is 10.0 Å². The van der Waals surface area contributed by atoms with E-state index in [0.717, 1.165) is 44.3 Å². The number of nitrogens with one attached hydrogen (secondary N) is 2. The van der Waals surface area contributed by atoms with Crippen LogP contribution in [0.1, 0.15) is 38.2 Å². The Balaban J connectivity index is 1.83. The first-order valence-electron chi connectivity index (χ1n) is 7.45. The van der Waals surface area contributed by atoms with Gasteiger partial charge in [-0.3, -0.25) is 0 Å². The number of fused-ring (bicyclic) bond motifs is 1. The van der Waals surface area contributed by atoms with Crippen LogP contribution in [0.15, 0.2) is 23.1 Å². The third kappa shape index (κ3) is 2.69. The van der Waals surface area contributed by atoms with Gasteiger partial charge in [-0.2, -0.15) is 0 Å². The molecule has 4 nitrogen and oxygen atoms in total. The van der Waals surface area contributed by atoms with Crippen molar-refractivity contribution in [3.05, 3.63) is 23.8 Å². The van der Waals surface area contributed by atoms with Crippen LogP contribution in [0.3, 0.4) is 0 Å². The quantitative estimate of drug-likeness (QED) is 0.900. The first kappa shape index (κ1) is 13.9. The molecule has 1 fully saturated rings. The van der Waals surface area contributed by atoms with Gasteiger partial charge in [-0.15, -0.1) is 0 Å². The highest BCUT2D eigenvalue weighted by atomic mass is 32.2. The number of benzene rings is 1. The smallest absolute Gasteiger partial charge is 0.240 e. The fourth-order valence-corrected chi connectivity index (χ4v) is 4.60. The fourth-order valence-electron chi connectivity index (χ4n) is 3.20. The Kier molecular flexibility index (Phi) is 3.73. The molecule has 5 heteroatoms. The van der Waals surface area contributed by atoms with Crippen LogP contribution in [0.5, 0.6) is 0 Å². The molecule has 2 unspecified atom stereocenters. The molecule has 1 aliphatic heterocycles. The van der Waals surface area contributed by atoms with E-state index in [9.17, 15) is 8.42 Å². The van der Waals surface area contributed by atoms with E-state index in [0.29, 0.717) is 10.8 Å². The predicted octanol–water partition coefficient (Wildman–Crippen LogP) is 2.51. The maximum absolute atomic E-state index is 12.5. The van der Waals surface area contributed by atoms with Crippen LogP contribution in [0.2, 0.25) is 0 Å². The van der Waals surface area contributed by atoms with Gasteiger partial charge in [-0.1, -0.05) is 19.4 Å². The third-order valence-corrected chi connectivity index (χ3v) is 5.99. The second-order valence-electron chi connectivity index (χ2n) is 5.99. The number of hydrogen-bond acceptors (Lipinski definition) is 3. The van der Waals surface area contributed by atoms with Gasteiger partial charge in [-0.25, -0.2) is 13.1 Å². The highest BCUT2D eigenvalue weighted by molar-refractivity contribution is 7.89. The minimum Gasteiger partial charge on any atom is -0.385 e. The molecule has 0 radical (unpaired) electrons. The van der Waals surface area contributed by atoms with Gasteiger partial charge in [0.05, 0.1) is 4.90 Å². The van der Waals surface area contributed by atoms with Crippen LogP contribution in [-0.4, -0.2) is 21.0 Å². The van der Waals surface area contributed by atoms with E-state index in [1.807, 2.05) is 6.07 Å². The monoisotopic (exact) mass is 294 g/mol. The van der Waals surface area contributed by atoms with Crippen LogP contribution in [0.4, 0.5) is 5.69 Å².